The van der Waals surface area contributed by atoms with Gasteiger partial charge in [0.15, 0.2) is 5.96 Å². The van der Waals surface area contributed by atoms with Crippen LogP contribution in [0.1, 0.15) is 19.8 Å². The molecule has 0 amide bonds. The van der Waals surface area contributed by atoms with Gasteiger partial charge in [0, 0.05) is 58.4 Å². The lowest BCUT2D eigenvalue weighted by Crippen LogP contribution is -2.55. The summed E-state index contributed by atoms with van der Waals surface area (Å²) in [6.45, 7) is 6.66. The Hall–Kier alpha value is -1.11. The topological polar surface area (TPSA) is 80.3 Å². The number of nitrogens with one attached hydrogen (secondary N) is 2. The van der Waals surface area contributed by atoms with E-state index in [2.05, 4.69) is 39.5 Å². The van der Waals surface area contributed by atoms with Crippen LogP contribution >= 0.6 is 0 Å². The van der Waals surface area contributed by atoms with E-state index in [0.717, 1.165) is 26.2 Å². The van der Waals surface area contributed by atoms with Crippen molar-refractivity contribution in [1.29, 1.82) is 0 Å². The van der Waals surface area contributed by atoms with Gasteiger partial charge in [0.25, 0.3) is 0 Å². The smallest absolute Gasteiger partial charge is 0.357 e. The zero-order chi connectivity index (χ0) is 21.7. The van der Waals surface area contributed by atoms with E-state index in [0.29, 0.717) is 42.2 Å². The highest BCUT2D eigenvalue weighted by Crippen LogP contribution is 2.30. The second kappa shape index (κ2) is 10.3. The average molecular weight is 443 g/mol. The zero-order valence-electron chi connectivity index (χ0n) is 17.4. The molecule has 1 atom stereocenters. The van der Waals surface area contributed by atoms with Gasteiger partial charge in [-0.2, -0.15) is 17.5 Å². The first-order chi connectivity index (χ1) is 13.5. The van der Waals surface area contributed by atoms with E-state index in [4.69, 9.17) is 0 Å². The minimum absolute atomic E-state index is 0.0635. The van der Waals surface area contributed by atoms with Gasteiger partial charge in [0.1, 0.15) is 0 Å². The van der Waals surface area contributed by atoms with Crippen LogP contribution in [0.3, 0.4) is 0 Å². The second-order valence-corrected chi connectivity index (χ2v) is 9.72. The van der Waals surface area contributed by atoms with E-state index in [1.54, 1.807) is 0 Å². The van der Waals surface area contributed by atoms with Gasteiger partial charge in [0.05, 0.1) is 0 Å². The molecule has 2 fully saturated rings. The minimum Gasteiger partial charge on any atom is -0.357 e. The Balaban J connectivity index is 1.85. The zero-order valence-corrected chi connectivity index (χ0v) is 18.2. The molecule has 0 aromatic heterocycles. The molecule has 8 nitrogen and oxygen atoms in total. The number of rotatable bonds is 6. The molecule has 2 aliphatic rings. The molecule has 2 saturated heterocycles. The number of likely N-dealkylation sites (N-methyl/N-ethyl adjacent to an activating group) is 2. The van der Waals surface area contributed by atoms with E-state index in [9.17, 15) is 21.6 Å². The number of aliphatic imine (C=N–C) groups is 1. The van der Waals surface area contributed by atoms with Gasteiger partial charge in [-0.1, -0.05) is 0 Å². The molecular weight excluding hydrogens is 409 g/mol. The molecule has 2 aliphatic heterocycles. The summed E-state index contributed by atoms with van der Waals surface area (Å²) in [4.78, 5) is 9.18. The Morgan fingerprint density at radius 1 is 1.10 bits per heavy atom. The third-order valence-electron chi connectivity index (χ3n) is 5.54. The Morgan fingerprint density at radius 3 is 2.34 bits per heavy atom. The highest BCUT2D eigenvalue weighted by molar-refractivity contribution is 7.90. The monoisotopic (exact) mass is 442 g/mol. The van der Waals surface area contributed by atoms with Crippen molar-refractivity contribution in [1.82, 2.24) is 24.7 Å². The molecule has 0 aromatic carbocycles. The van der Waals surface area contributed by atoms with Gasteiger partial charge < -0.3 is 15.5 Å². The van der Waals surface area contributed by atoms with Gasteiger partial charge in [0.2, 0.25) is 0 Å². The first-order valence-corrected chi connectivity index (χ1v) is 11.5. The largest absolute Gasteiger partial charge is 0.511 e. The van der Waals surface area contributed by atoms with Crippen LogP contribution in [-0.2, 0) is 10.0 Å². The van der Waals surface area contributed by atoms with Crippen LogP contribution in [0.15, 0.2) is 4.99 Å². The molecule has 170 valence electrons. The Labute approximate surface area is 171 Å². The fourth-order valence-corrected chi connectivity index (χ4v) is 4.56. The number of piperidine rings is 1. The van der Waals surface area contributed by atoms with Gasteiger partial charge in [-0.05, 0) is 39.8 Å². The molecule has 29 heavy (non-hydrogen) atoms. The maximum absolute atomic E-state index is 12.7. The summed E-state index contributed by atoms with van der Waals surface area (Å²) in [5.41, 5.74) is -5.24. The maximum Gasteiger partial charge on any atom is 0.511 e. The van der Waals surface area contributed by atoms with Gasteiger partial charge in [-0.15, -0.1) is 0 Å². The van der Waals surface area contributed by atoms with Crippen LogP contribution in [0.4, 0.5) is 13.2 Å². The molecule has 0 aliphatic carbocycles. The lowest BCUT2D eigenvalue weighted by atomic mass is 9.98. The number of alkyl halides is 3. The predicted octanol–water partition coefficient (Wildman–Crippen LogP) is 0.349. The summed E-state index contributed by atoms with van der Waals surface area (Å²) in [6, 6.07) is 0.369. The highest BCUT2D eigenvalue weighted by atomic mass is 32.2. The maximum atomic E-state index is 12.7. The number of piperazine rings is 1. The number of hydrogen-bond donors (Lipinski definition) is 2. The molecule has 2 N–H and O–H groups in total. The molecule has 0 radical (unpaired) electrons. The Bertz CT molecular complexity index is 650. The molecule has 1 unspecified atom stereocenters. The van der Waals surface area contributed by atoms with Crippen molar-refractivity contribution in [3.63, 3.8) is 0 Å². The van der Waals surface area contributed by atoms with Crippen LogP contribution < -0.4 is 10.6 Å². The number of halogens is 3. The molecule has 0 saturated carbocycles. The highest BCUT2D eigenvalue weighted by Gasteiger charge is 2.50. The molecule has 0 bridgehead atoms. The van der Waals surface area contributed by atoms with Crippen molar-refractivity contribution in [3.05, 3.63) is 0 Å². The van der Waals surface area contributed by atoms with Crippen LogP contribution in [0.2, 0.25) is 0 Å². The Kier molecular flexibility index (Phi) is 8.56. The van der Waals surface area contributed by atoms with Crippen molar-refractivity contribution in [2.45, 2.75) is 31.3 Å². The van der Waals surface area contributed by atoms with Crippen molar-refractivity contribution in [2.75, 3.05) is 66.5 Å². The van der Waals surface area contributed by atoms with E-state index < -0.39 is 15.5 Å². The lowest BCUT2D eigenvalue weighted by molar-refractivity contribution is -0.0496. The SMILES string of the molecule is CCNC(=NCC1CCN(S(=O)(=O)C(F)(F)F)CC1)NCC1CN(C)CCN1C. The summed E-state index contributed by atoms with van der Waals surface area (Å²) in [7, 11) is -1.02. The summed E-state index contributed by atoms with van der Waals surface area (Å²) < 4.78 is 61.5. The van der Waals surface area contributed by atoms with Gasteiger partial charge >= 0.3 is 15.5 Å². The van der Waals surface area contributed by atoms with Crippen LogP contribution in [0.25, 0.3) is 0 Å². The standard InChI is InChI=1S/C17H33F3N6O2S/c1-4-21-16(23-12-15-13-24(2)9-10-25(15)3)22-11-14-5-7-26(8-6-14)29(27,28)17(18,19)20/h14-15H,4-13H2,1-3H3,(H2,21,22,23). The van der Waals surface area contributed by atoms with E-state index >= 15 is 0 Å². The predicted molar refractivity (Wildman–Crippen MR) is 107 cm³/mol. The van der Waals surface area contributed by atoms with Gasteiger partial charge in [-0.25, -0.2) is 8.42 Å². The molecule has 0 aromatic rings. The summed E-state index contributed by atoms with van der Waals surface area (Å²) in [5, 5.41) is 6.54. The molecular formula is C17H33F3N6O2S. The van der Waals surface area contributed by atoms with Crippen molar-refractivity contribution in [2.24, 2.45) is 10.9 Å². The van der Waals surface area contributed by atoms with E-state index in [1.807, 2.05) is 6.92 Å². The third-order valence-corrected chi connectivity index (χ3v) is 7.17. The first-order valence-electron chi connectivity index (χ1n) is 10.0. The minimum atomic E-state index is -5.24. The fraction of sp³-hybridized carbons (Fsp3) is 0.941. The van der Waals surface area contributed by atoms with Crippen molar-refractivity contribution < 1.29 is 21.6 Å². The van der Waals surface area contributed by atoms with Crippen molar-refractivity contribution >= 4 is 16.0 Å². The van der Waals surface area contributed by atoms with Crippen LogP contribution in [-0.4, -0.2) is 106 Å². The van der Waals surface area contributed by atoms with E-state index in [-0.39, 0.29) is 19.0 Å². The quantitative estimate of drug-likeness (QED) is 0.457. The molecule has 12 heteroatoms. The number of hydrogen-bond acceptors (Lipinski definition) is 5. The summed E-state index contributed by atoms with van der Waals surface area (Å²) in [5.74, 6) is 0.744. The van der Waals surface area contributed by atoms with Crippen LogP contribution in [0, 0.1) is 5.92 Å². The fourth-order valence-electron chi connectivity index (χ4n) is 3.58. The molecule has 2 heterocycles. The average Bonchev–Trinajstić information content (AvgIpc) is 2.66. The van der Waals surface area contributed by atoms with Crippen LogP contribution in [0.5, 0.6) is 0 Å². The second-order valence-electron chi connectivity index (χ2n) is 7.79. The number of nitrogens with zero attached hydrogens (tertiary/aromatic N) is 4. The van der Waals surface area contributed by atoms with Gasteiger partial charge in [-0.3, -0.25) is 9.89 Å². The third kappa shape index (κ3) is 6.69. The molecule has 2 rings (SSSR count). The first kappa shape index (κ1) is 24.2. The van der Waals surface area contributed by atoms with E-state index in [1.165, 1.54) is 0 Å². The lowest BCUT2D eigenvalue weighted by Gasteiger charge is -2.38. The summed E-state index contributed by atoms with van der Waals surface area (Å²) in [6.07, 6.45) is 0.739. The number of guanidine groups is 1. The summed E-state index contributed by atoms with van der Waals surface area (Å²) >= 11 is 0. The Morgan fingerprint density at radius 2 is 1.76 bits per heavy atom. The number of sulfonamides is 1. The normalized spacial score (nSPS) is 24.6. The molecule has 0 spiro atoms. The van der Waals surface area contributed by atoms with Crippen molar-refractivity contribution in [3.8, 4) is 0 Å².